The molecule has 1 unspecified atom stereocenters. The molecule has 9 nitrogen and oxygen atoms in total. The molecule has 9 heteroatoms. The van der Waals surface area contributed by atoms with Crippen molar-refractivity contribution in [1.82, 2.24) is 19.4 Å². The van der Waals surface area contributed by atoms with E-state index in [0.29, 0.717) is 24.6 Å². The van der Waals surface area contributed by atoms with Gasteiger partial charge in [-0.25, -0.2) is 9.36 Å². The number of para-hydroxylation sites is 1. The van der Waals surface area contributed by atoms with Crippen molar-refractivity contribution in [3.05, 3.63) is 80.1 Å². The Balaban J connectivity index is 1.80. The largest absolute Gasteiger partial charge is 0.497 e. The van der Waals surface area contributed by atoms with Gasteiger partial charge in [-0.05, 0) is 36.7 Å². The second-order valence-corrected chi connectivity index (χ2v) is 8.21. The lowest BCUT2D eigenvalue weighted by molar-refractivity contribution is 0.215. The van der Waals surface area contributed by atoms with Crippen LogP contribution in [0.25, 0.3) is 16.6 Å². The number of benzene rings is 2. The quantitative estimate of drug-likeness (QED) is 0.420. The minimum atomic E-state index is -0.770. The molecular weight excluding hydrogens is 436 g/mol. The molecule has 0 amide bonds. The summed E-state index contributed by atoms with van der Waals surface area (Å²) in [6.07, 6.45) is 0.811. The maximum Gasteiger partial charge on any atom is 0.335 e. The van der Waals surface area contributed by atoms with Crippen LogP contribution in [-0.2, 0) is 6.42 Å². The lowest BCUT2D eigenvalue weighted by Crippen LogP contribution is -2.41. The van der Waals surface area contributed by atoms with Gasteiger partial charge in [-0.15, -0.1) is 0 Å². The summed E-state index contributed by atoms with van der Waals surface area (Å²) in [6, 6.07) is 12.3. The number of aromatic nitrogens is 3. The number of likely N-dealkylation sites (N-methyl/N-ethyl adjacent to an activating group) is 1. The van der Waals surface area contributed by atoms with E-state index < -0.39 is 23.2 Å². The molecule has 2 aromatic carbocycles. The topological polar surface area (TPSA) is 113 Å². The number of hydrogen-bond acceptors (Lipinski definition) is 6. The molecule has 1 aliphatic rings. The first-order valence-corrected chi connectivity index (χ1v) is 11.1. The van der Waals surface area contributed by atoms with Gasteiger partial charge < -0.3 is 19.6 Å². The number of hydrogen-bond donors (Lipinski definition) is 3. The summed E-state index contributed by atoms with van der Waals surface area (Å²) in [5.41, 5.74) is 1.88. The number of fused-ring (bicyclic) bond motifs is 3. The average molecular weight is 463 g/mol. The molecule has 1 aliphatic heterocycles. The Morgan fingerprint density at radius 2 is 1.88 bits per heavy atom. The third-order valence-electron chi connectivity index (χ3n) is 6.56. The molecule has 0 fully saturated rings. The molecule has 3 heterocycles. The summed E-state index contributed by atoms with van der Waals surface area (Å²) < 4.78 is 11.8. The zero-order chi connectivity index (χ0) is 24.0. The molecule has 176 valence electrons. The molecule has 0 spiro atoms. The maximum atomic E-state index is 13.2. The summed E-state index contributed by atoms with van der Waals surface area (Å²) in [5, 5.41) is 12.6. The summed E-state index contributed by atoms with van der Waals surface area (Å²) in [5.74, 6) is 0.384. The Kier molecular flexibility index (Phi) is 5.41. The van der Waals surface area contributed by atoms with Gasteiger partial charge in [0, 0.05) is 29.2 Å². The first kappa shape index (κ1) is 21.8. The normalized spacial score (nSPS) is 15.9. The third kappa shape index (κ3) is 3.28. The van der Waals surface area contributed by atoms with Crippen LogP contribution in [0.15, 0.2) is 52.1 Å². The van der Waals surface area contributed by atoms with E-state index in [2.05, 4.69) is 20.9 Å². The van der Waals surface area contributed by atoms with Crippen molar-refractivity contribution < 1.29 is 14.6 Å². The molecule has 5 rings (SSSR count). The smallest absolute Gasteiger partial charge is 0.335 e. The van der Waals surface area contributed by atoms with Gasteiger partial charge in [-0.3, -0.25) is 14.7 Å². The third-order valence-corrected chi connectivity index (χ3v) is 6.56. The lowest BCUT2D eigenvalue weighted by Gasteiger charge is -2.35. The molecule has 3 N–H and O–H groups in total. The van der Waals surface area contributed by atoms with Gasteiger partial charge in [-0.1, -0.05) is 25.1 Å². The summed E-state index contributed by atoms with van der Waals surface area (Å²) in [6.45, 7) is 3.36. The van der Waals surface area contributed by atoms with Crippen LogP contribution in [-0.4, -0.2) is 51.9 Å². The molecular formula is C25H26N4O5. The molecule has 2 aromatic heterocycles. The Morgan fingerprint density at radius 1 is 1.09 bits per heavy atom. The van der Waals surface area contributed by atoms with E-state index in [1.807, 2.05) is 25.1 Å². The molecule has 0 aliphatic carbocycles. The van der Waals surface area contributed by atoms with Gasteiger partial charge in [0.25, 0.3) is 5.56 Å². The SMILES string of the molecule is CCN1CCc2c([nH]c3ccccc23)C1c1c(O)n(-c2cc(OC)ccc2OC)c(=O)[nH]c1=O. The Morgan fingerprint density at radius 3 is 2.62 bits per heavy atom. The number of aromatic amines is 2. The molecule has 0 saturated heterocycles. The van der Waals surface area contributed by atoms with E-state index in [1.54, 1.807) is 18.2 Å². The first-order chi connectivity index (χ1) is 16.5. The van der Waals surface area contributed by atoms with E-state index in [4.69, 9.17) is 9.47 Å². The van der Waals surface area contributed by atoms with E-state index in [0.717, 1.165) is 33.1 Å². The predicted molar refractivity (Wildman–Crippen MR) is 129 cm³/mol. The van der Waals surface area contributed by atoms with Gasteiger partial charge in [0.15, 0.2) is 0 Å². The van der Waals surface area contributed by atoms with Gasteiger partial charge >= 0.3 is 5.69 Å². The van der Waals surface area contributed by atoms with Crippen molar-refractivity contribution in [2.75, 3.05) is 27.3 Å². The lowest BCUT2D eigenvalue weighted by atomic mass is 9.93. The van der Waals surface area contributed by atoms with Crippen molar-refractivity contribution in [3.8, 4) is 23.1 Å². The fraction of sp³-hybridized carbons (Fsp3) is 0.280. The van der Waals surface area contributed by atoms with E-state index >= 15 is 0 Å². The molecule has 0 saturated carbocycles. The number of aromatic hydroxyl groups is 1. The highest BCUT2D eigenvalue weighted by atomic mass is 16.5. The van der Waals surface area contributed by atoms with Gasteiger partial charge in [-0.2, -0.15) is 0 Å². The van der Waals surface area contributed by atoms with E-state index in [-0.39, 0.29) is 11.3 Å². The van der Waals surface area contributed by atoms with Crippen molar-refractivity contribution in [2.24, 2.45) is 0 Å². The number of nitrogens with one attached hydrogen (secondary N) is 2. The van der Waals surface area contributed by atoms with Crippen LogP contribution < -0.4 is 20.7 Å². The van der Waals surface area contributed by atoms with Gasteiger partial charge in [0.1, 0.15) is 17.1 Å². The van der Waals surface area contributed by atoms with Crippen LogP contribution in [0.1, 0.15) is 29.8 Å². The van der Waals surface area contributed by atoms with Crippen LogP contribution in [0, 0.1) is 0 Å². The number of methoxy groups -OCH3 is 2. The molecule has 1 atom stereocenters. The highest BCUT2D eigenvalue weighted by Crippen LogP contribution is 2.40. The zero-order valence-electron chi connectivity index (χ0n) is 19.2. The van der Waals surface area contributed by atoms with Gasteiger partial charge in [0.05, 0.1) is 25.9 Å². The fourth-order valence-electron chi connectivity index (χ4n) is 4.94. The van der Waals surface area contributed by atoms with Crippen LogP contribution >= 0.6 is 0 Å². The summed E-state index contributed by atoms with van der Waals surface area (Å²) >= 11 is 0. The van der Waals surface area contributed by atoms with E-state index in [1.165, 1.54) is 14.2 Å². The Hall–Kier alpha value is -3.98. The standard InChI is InChI=1S/C25H26N4O5/c1-4-28-12-11-16-15-7-5-6-8-17(15)26-21(16)22(28)20-23(30)27-25(32)29(24(20)31)18-13-14(33-2)9-10-19(18)34-3/h5-10,13,22,26,31H,4,11-12H2,1-3H3,(H,27,30,32). The second-order valence-electron chi connectivity index (χ2n) is 8.21. The van der Waals surface area contributed by atoms with E-state index in [9.17, 15) is 14.7 Å². The number of rotatable bonds is 5. The van der Waals surface area contributed by atoms with Crippen molar-refractivity contribution in [1.29, 1.82) is 0 Å². The monoisotopic (exact) mass is 462 g/mol. The number of ether oxygens (including phenoxy) is 2. The molecule has 0 radical (unpaired) electrons. The summed E-state index contributed by atoms with van der Waals surface area (Å²) in [7, 11) is 2.97. The number of nitrogens with zero attached hydrogens (tertiary/aromatic N) is 2. The minimum Gasteiger partial charge on any atom is -0.497 e. The molecule has 4 aromatic rings. The Labute approximate surface area is 195 Å². The summed E-state index contributed by atoms with van der Waals surface area (Å²) in [4.78, 5) is 34.1. The molecule has 0 bridgehead atoms. The van der Waals surface area contributed by atoms with Crippen LogP contribution in [0.3, 0.4) is 0 Å². The number of H-pyrrole nitrogens is 2. The van der Waals surface area contributed by atoms with Gasteiger partial charge in [0.2, 0.25) is 5.88 Å². The Bertz CT molecular complexity index is 1500. The predicted octanol–water partition coefficient (Wildman–Crippen LogP) is 2.70. The van der Waals surface area contributed by atoms with Crippen molar-refractivity contribution in [2.45, 2.75) is 19.4 Å². The average Bonchev–Trinajstić information content (AvgIpc) is 3.22. The minimum absolute atomic E-state index is 0.0961. The zero-order valence-corrected chi connectivity index (χ0v) is 19.2. The van der Waals surface area contributed by atoms with Crippen molar-refractivity contribution in [3.63, 3.8) is 0 Å². The first-order valence-electron chi connectivity index (χ1n) is 11.1. The maximum absolute atomic E-state index is 13.2. The van der Waals surface area contributed by atoms with Crippen LogP contribution in [0.4, 0.5) is 0 Å². The van der Waals surface area contributed by atoms with Crippen molar-refractivity contribution >= 4 is 10.9 Å². The highest BCUT2D eigenvalue weighted by molar-refractivity contribution is 5.85. The van der Waals surface area contributed by atoms with Crippen LogP contribution in [0.5, 0.6) is 17.4 Å². The van der Waals surface area contributed by atoms with Crippen LogP contribution in [0.2, 0.25) is 0 Å². The molecule has 34 heavy (non-hydrogen) atoms. The second kappa shape index (κ2) is 8.42. The highest BCUT2D eigenvalue weighted by Gasteiger charge is 2.36. The fourth-order valence-corrected chi connectivity index (χ4v) is 4.94.